The molecule has 13 rings (SSSR count). The molecule has 60 heavy (non-hydrogen) atoms. The van der Waals surface area contributed by atoms with Gasteiger partial charge in [0.25, 0.3) is 0 Å². The van der Waals surface area contributed by atoms with Crippen molar-refractivity contribution in [3.63, 3.8) is 0 Å². The van der Waals surface area contributed by atoms with Crippen molar-refractivity contribution in [3.05, 3.63) is 241 Å². The summed E-state index contributed by atoms with van der Waals surface area (Å²) in [5, 5.41) is 3.68. The smallest absolute Gasteiger partial charge is 0.140 e. The van der Waals surface area contributed by atoms with Crippen LogP contribution in [0, 0.1) is 0 Å². The van der Waals surface area contributed by atoms with Gasteiger partial charge in [-0.15, -0.1) is 0 Å². The normalized spacial score (nSPS) is 14.7. The monoisotopic (exact) mass is 764 g/mol. The SMILES string of the molecule is c1ccc(N(c2ccccc2)c2ccc3c(c2)C2(c4ccccc4-c4ccc(-c5ccc(-n6c7ccccc7c7ccccc76)cc5)cc42)c2c-3oc3ccccc23)cc1. The quantitative estimate of drug-likeness (QED) is 0.174. The number of benzene rings is 9. The van der Waals surface area contributed by atoms with Crippen LogP contribution in [0.1, 0.15) is 22.3 Å². The van der Waals surface area contributed by atoms with E-state index < -0.39 is 5.41 Å². The summed E-state index contributed by atoms with van der Waals surface area (Å²) in [5.74, 6) is 0.951. The minimum Gasteiger partial charge on any atom is -0.456 e. The van der Waals surface area contributed by atoms with Crippen LogP contribution in [0.25, 0.3) is 72.0 Å². The zero-order valence-corrected chi connectivity index (χ0v) is 32.6. The van der Waals surface area contributed by atoms with Crippen LogP contribution in [0.5, 0.6) is 0 Å². The van der Waals surface area contributed by atoms with Crippen LogP contribution in [0.3, 0.4) is 0 Å². The van der Waals surface area contributed by atoms with E-state index in [2.05, 4.69) is 228 Å². The van der Waals surface area contributed by atoms with Crippen LogP contribution in [0.15, 0.2) is 223 Å². The maximum Gasteiger partial charge on any atom is 0.140 e. The van der Waals surface area contributed by atoms with Crippen LogP contribution >= 0.6 is 0 Å². The van der Waals surface area contributed by atoms with E-state index in [4.69, 9.17) is 4.42 Å². The number of hydrogen-bond acceptors (Lipinski definition) is 2. The number of nitrogens with zero attached hydrogens (tertiary/aromatic N) is 2. The summed E-state index contributed by atoms with van der Waals surface area (Å²) in [6.45, 7) is 0. The third-order valence-corrected chi connectivity index (χ3v) is 13.0. The van der Waals surface area contributed by atoms with Gasteiger partial charge < -0.3 is 13.9 Å². The zero-order valence-electron chi connectivity index (χ0n) is 32.6. The Hall–Kier alpha value is -7.88. The summed E-state index contributed by atoms with van der Waals surface area (Å²) in [7, 11) is 0. The minimum absolute atomic E-state index is 0.614. The lowest BCUT2D eigenvalue weighted by atomic mass is 9.69. The van der Waals surface area contributed by atoms with Gasteiger partial charge >= 0.3 is 0 Å². The largest absolute Gasteiger partial charge is 0.456 e. The van der Waals surface area contributed by atoms with Crippen molar-refractivity contribution in [2.45, 2.75) is 5.41 Å². The standard InChI is InChI=1S/C57H36N2O/c1-3-15-39(16-4-1)58(40-17-5-2-6-18-40)42-32-34-47-51(36-42)57(55-48-22-10-14-26-54(48)60-56(47)55)49-23-11-7-19-43(49)44-33-29-38(35-50(44)57)37-27-30-41(31-28-37)59-52-24-12-8-20-45(52)46-21-9-13-25-53(46)59/h1-36H. The van der Waals surface area contributed by atoms with E-state index in [9.17, 15) is 0 Å². The first kappa shape index (κ1) is 33.1. The minimum atomic E-state index is -0.614. The van der Waals surface area contributed by atoms with Crippen molar-refractivity contribution < 1.29 is 4.42 Å². The summed E-state index contributed by atoms with van der Waals surface area (Å²) in [6.07, 6.45) is 0. The van der Waals surface area contributed by atoms with E-state index in [0.717, 1.165) is 45.0 Å². The van der Waals surface area contributed by atoms with Gasteiger partial charge in [-0.2, -0.15) is 0 Å². The lowest BCUT2D eigenvalue weighted by Crippen LogP contribution is -2.26. The molecule has 2 aromatic heterocycles. The van der Waals surface area contributed by atoms with E-state index in [1.54, 1.807) is 0 Å². The van der Waals surface area contributed by atoms with Crippen LogP contribution in [0.2, 0.25) is 0 Å². The average molecular weight is 765 g/mol. The number of rotatable bonds is 5. The highest BCUT2D eigenvalue weighted by Gasteiger charge is 2.54. The molecule has 2 aliphatic rings. The number of furan rings is 1. The van der Waals surface area contributed by atoms with Gasteiger partial charge in [-0.3, -0.25) is 0 Å². The molecule has 0 fully saturated rings. The summed E-state index contributed by atoms with van der Waals surface area (Å²) in [5.41, 5.74) is 18.2. The lowest BCUT2D eigenvalue weighted by molar-refractivity contribution is 0.628. The van der Waals surface area contributed by atoms with Crippen molar-refractivity contribution >= 4 is 49.8 Å². The molecule has 0 aliphatic heterocycles. The second-order valence-corrected chi connectivity index (χ2v) is 16.0. The highest BCUT2D eigenvalue weighted by atomic mass is 16.3. The number of hydrogen-bond donors (Lipinski definition) is 0. The molecule has 9 aromatic carbocycles. The van der Waals surface area contributed by atoms with Crippen LogP contribution in [0.4, 0.5) is 17.1 Å². The Labute approximate surface area is 347 Å². The highest BCUT2D eigenvalue weighted by molar-refractivity contribution is 6.09. The van der Waals surface area contributed by atoms with E-state index in [-0.39, 0.29) is 0 Å². The Morgan fingerprint density at radius 1 is 0.383 bits per heavy atom. The summed E-state index contributed by atoms with van der Waals surface area (Å²) < 4.78 is 9.32. The molecule has 11 aromatic rings. The lowest BCUT2D eigenvalue weighted by Gasteiger charge is -2.32. The second kappa shape index (κ2) is 12.6. The highest BCUT2D eigenvalue weighted by Crippen LogP contribution is 2.65. The number of para-hydroxylation sites is 5. The van der Waals surface area contributed by atoms with Gasteiger partial charge in [0, 0.05) is 50.0 Å². The van der Waals surface area contributed by atoms with Crippen LogP contribution < -0.4 is 4.90 Å². The van der Waals surface area contributed by atoms with E-state index >= 15 is 0 Å². The Morgan fingerprint density at radius 3 is 1.65 bits per heavy atom. The molecule has 2 aliphatic carbocycles. The van der Waals surface area contributed by atoms with Gasteiger partial charge in [-0.05, 0) is 118 Å². The molecule has 1 atom stereocenters. The summed E-state index contributed by atoms with van der Waals surface area (Å²) >= 11 is 0. The first-order chi connectivity index (χ1) is 29.8. The Morgan fingerprint density at radius 2 is 0.933 bits per heavy atom. The fourth-order valence-electron chi connectivity index (χ4n) is 10.5. The topological polar surface area (TPSA) is 21.3 Å². The number of fused-ring (bicyclic) bond motifs is 15. The first-order valence-corrected chi connectivity index (χ1v) is 20.7. The van der Waals surface area contributed by atoms with E-state index in [0.29, 0.717) is 0 Å². The molecule has 3 heteroatoms. The molecule has 2 heterocycles. The van der Waals surface area contributed by atoms with Gasteiger partial charge in [0.2, 0.25) is 0 Å². The second-order valence-electron chi connectivity index (χ2n) is 16.0. The van der Waals surface area contributed by atoms with Crippen LogP contribution in [-0.2, 0) is 5.41 Å². The Balaban J connectivity index is 1.04. The van der Waals surface area contributed by atoms with Gasteiger partial charge in [-0.1, -0.05) is 140 Å². The average Bonchev–Trinajstić information content (AvgIpc) is 4.03. The summed E-state index contributed by atoms with van der Waals surface area (Å²) in [4.78, 5) is 2.36. The Bertz CT molecular complexity index is 3390. The van der Waals surface area contributed by atoms with E-state index in [1.165, 1.54) is 66.3 Å². The molecule has 0 saturated heterocycles. The van der Waals surface area contributed by atoms with Crippen molar-refractivity contribution in [1.29, 1.82) is 0 Å². The Kier molecular flexibility index (Phi) is 6.93. The van der Waals surface area contributed by atoms with Crippen molar-refractivity contribution in [2.24, 2.45) is 0 Å². The summed E-state index contributed by atoms with van der Waals surface area (Å²) in [6, 6.07) is 79.5. The first-order valence-electron chi connectivity index (χ1n) is 20.7. The van der Waals surface area contributed by atoms with Gasteiger partial charge in [0.05, 0.1) is 16.4 Å². The number of aromatic nitrogens is 1. The number of anilines is 3. The molecule has 3 nitrogen and oxygen atoms in total. The zero-order chi connectivity index (χ0) is 39.4. The molecule has 1 spiro atoms. The van der Waals surface area contributed by atoms with Gasteiger partial charge in [0.15, 0.2) is 0 Å². The molecule has 0 bridgehead atoms. The molecule has 280 valence electrons. The van der Waals surface area contributed by atoms with Crippen molar-refractivity contribution in [2.75, 3.05) is 4.90 Å². The fourth-order valence-corrected chi connectivity index (χ4v) is 10.5. The van der Waals surface area contributed by atoms with Crippen LogP contribution in [-0.4, -0.2) is 4.57 Å². The molecular weight excluding hydrogens is 729 g/mol. The fraction of sp³-hybridized carbons (Fsp3) is 0.0175. The predicted octanol–water partition coefficient (Wildman–Crippen LogP) is 15.0. The predicted molar refractivity (Wildman–Crippen MR) is 247 cm³/mol. The maximum atomic E-state index is 6.93. The molecule has 0 N–H and O–H groups in total. The van der Waals surface area contributed by atoms with Crippen molar-refractivity contribution in [3.8, 4) is 39.3 Å². The van der Waals surface area contributed by atoms with Crippen molar-refractivity contribution in [1.82, 2.24) is 4.57 Å². The molecule has 0 saturated carbocycles. The maximum absolute atomic E-state index is 6.93. The van der Waals surface area contributed by atoms with E-state index in [1.807, 2.05) is 0 Å². The molecule has 0 radical (unpaired) electrons. The third-order valence-electron chi connectivity index (χ3n) is 13.0. The molecule has 1 unspecified atom stereocenters. The molecular formula is C57H36N2O. The van der Waals surface area contributed by atoms with Gasteiger partial charge in [0.1, 0.15) is 11.3 Å². The van der Waals surface area contributed by atoms with Gasteiger partial charge in [-0.25, -0.2) is 0 Å². The molecule has 0 amide bonds. The third kappa shape index (κ3) is 4.49.